The summed E-state index contributed by atoms with van der Waals surface area (Å²) >= 11 is 0.852. The molecule has 1 N–H and O–H groups in total. The number of amides is 2. The fourth-order valence-corrected chi connectivity index (χ4v) is 3.76. The number of anilines is 2. The van der Waals surface area contributed by atoms with E-state index >= 15 is 0 Å². The second-order valence-corrected chi connectivity index (χ2v) is 8.13. The second-order valence-electron chi connectivity index (χ2n) is 6.83. The summed E-state index contributed by atoms with van der Waals surface area (Å²) in [4.78, 5) is 27.0. The molecule has 0 bridgehead atoms. The van der Waals surface area contributed by atoms with E-state index in [1.807, 2.05) is 0 Å². The van der Waals surface area contributed by atoms with E-state index in [-0.39, 0.29) is 11.1 Å². The lowest BCUT2D eigenvalue weighted by Gasteiger charge is -2.43. The van der Waals surface area contributed by atoms with Crippen molar-refractivity contribution in [1.82, 2.24) is 14.8 Å². The van der Waals surface area contributed by atoms with Gasteiger partial charge in [0.05, 0.1) is 16.6 Å². The van der Waals surface area contributed by atoms with Crippen molar-refractivity contribution in [3.63, 3.8) is 0 Å². The predicted molar refractivity (Wildman–Crippen MR) is 98.0 cm³/mol. The maximum absolute atomic E-state index is 13.2. The molecular weight excluding hydrogens is 395 g/mol. The first-order chi connectivity index (χ1) is 12.9. The van der Waals surface area contributed by atoms with Crippen LogP contribution < -0.4 is 10.2 Å². The first kappa shape index (κ1) is 20.2. The summed E-state index contributed by atoms with van der Waals surface area (Å²) in [5.41, 5.74) is -0.147. The van der Waals surface area contributed by atoms with Crippen molar-refractivity contribution in [2.45, 2.75) is 42.9 Å². The molecule has 11 heteroatoms. The highest BCUT2D eigenvalue weighted by molar-refractivity contribution is 8.00. The number of carbonyl (C=O) groups is 2. The third-order valence-corrected chi connectivity index (χ3v) is 5.57. The summed E-state index contributed by atoms with van der Waals surface area (Å²) in [6.45, 7) is 4.77. The third kappa shape index (κ3) is 3.34. The van der Waals surface area contributed by atoms with E-state index in [1.54, 1.807) is 45.0 Å². The highest BCUT2D eigenvalue weighted by Gasteiger charge is 2.45. The van der Waals surface area contributed by atoms with Gasteiger partial charge in [-0.15, -0.1) is 10.2 Å². The molecule has 1 aromatic heterocycles. The van der Waals surface area contributed by atoms with Gasteiger partial charge in [-0.05, 0) is 32.9 Å². The van der Waals surface area contributed by atoms with Gasteiger partial charge in [0.15, 0.2) is 5.16 Å². The van der Waals surface area contributed by atoms with Crippen LogP contribution in [0.4, 0.5) is 24.5 Å². The van der Waals surface area contributed by atoms with Crippen LogP contribution in [-0.4, -0.2) is 37.4 Å². The number of para-hydroxylation sites is 2. The molecule has 0 spiro atoms. The third-order valence-electron chi connectivity index (χ3n) is 4.45. The predicted octanol–water partition coefficient (Wildman–Crippen LogP) is 3.08. The monoisotopic (exact) mass is 413 g/mol. The number of rotatable bonds is 3. The minimum atomic E-state index is -4.64. The molecule has 0 aliphatic carbocycles. The fourth-order valence-electron chi connectivity index (χ4n) is 2.90. The molecule has 0 saturated heterocycles. The van der Waals surface area contributed by atoms with Gasteiger partial charge in [-0.1, -0.05) is 23.9 Å². The molecule has 1 aliphatic heterocycles. The smallest absolute Gasteiger partial charge is 0.322 e. The number of nitrogens with one attached hydrogen (secondary N) is 1. The number of fused-ring (bicyclic) bond motifs is 1. The molecule has 0 saturated carbocycles. The highest BCUT2D eigenvalue weighted by Crippen LogP contribution is 2.39. The van der Waals surface area contributed by atoms with E-state index in [9.17, 15) is 22.8 Å². The molecule has 2 aromatic rings. The van der Waals surface area contributed by atoms with E-state index in [4.69, 9.17) is 0 Å². The molecule has 0 radical (unpaired) electrons. The van der Waals surface area contributed by atoms with Crippen molar-refractivity contribution in [2.75, 3.05) is 10.2 Å². The molecule has 1 aromatic carbocycles. The van der Waals surface area contributed by atoms with Crippen LogP contribution >= 0.6 is 11.8 Å². The van der Waals surface area contributed by atoms with E-state index in [0.717, 1.165) is 16.3 Å². The molecule has 1 aliphatic rings. The zero-order chi connectivity index (χ0) is 20.9. The number of thioether (sulfide) groups is 1. The van der Waals surface area contributed by atoms with Gasteiger partial charge in [-0.25, -0.2) is 0 Å². The zero-order valence-electron chi connectivity index (χ0n) is 15.5. The Hall–Kier alpha value is -2.56. The van der Waals surface area contributed by atoms with E-state index < -0.39 is 28.7 Å². The lowest BCUT2D eigenvalue weighted by atomic mass is 9.96. The number of benzene rings is 1. The molecule has 0 unspecified atom stereocenters. The van der Waals surface area contributed by atoms with Crippen LogP contribution in [0.15, 0.2) is 29.4 Å². The first-order valence-electron chi connectivity index (χ1n) is 8.32. The average Bonchev–Trinajstić information content (AvgIpc) is 2.96. The minimum Gasteiger partial charge on any atom is -0.322 e. The quantitative estimate of drug-likeness (QED) is 0.783. The van der Waals surface area contributed by atoms with Crippen molar-refractivity contribution in [2.24, 2.45) is 7.05 Å². The van der Waals surface area contributed by atoms with Crippen LogP contribution in [0.1, 0.15) is 26.6 Å². The highest BCUT2D eigenvalue weighted by atomic mass is 32.2. The molecule has 1 atom stereocenters. The second kappa shape index (κ2) is 6.80. The maximum Gasteiger partial charge on any atom is 0.451 e. The van der Waals surface area contributed by atoms with Gasteiger partial charge in [0.2, 0.25) is 17.6 Å². The molecule has 0 fully saturated rings. The average molecular weight is 413 g/mol. The maximum atomic E-state index is 13.2. The van der Waals surface area contributed by atoms with Gasteiger partial charge in [0.25, 0.3) is 0 Å². The summed E-state index contributed by atoms with van der Waals surface area (Å²) in [6, 6.07) is 6.86. The van der Waals surface area contributed by atoms with Crippen molar-refractivity contribution in [3.8, 4) is 0 Å². The molecule has 3 rings (SSSR count). The summed E-state index contributed by atoms with van der Waals surface area (Å²) < 4.78 is 39.5. The Morgan fingerprint density at radius 3 is 2.50 bits per heavy atom. The van der Waals surface area contributed by atoms with Gasteiger partial charge in [-0.3, -0.25) is 14.5 Å². The molecule has 28 heavy (non-hydrogen) atoms. The Bertz CT molecular complexity index is 941. The minimum absolute atomic E-state index is 0.0410. The van der Waals surface area contributed by atoms with E-state index in [0.29, 0.717) is 11.4 Å². The summed E-state index contributed by atoms with van der Waals surface area (Å²) in [6.07, 6.45) is -4.64. The number of hydrogen-bond acceptors (Lipinski definition) is 5. The zero-order valence-corrected chi connectivity index (χ0v) is 16.4. The topological polar surface area (TPSA) is 80.1 Å². The lowest BCUT2D eigenvalue weighted by Crippen LogP contribution is -2.60. The Morgan fingerprint density at radius 2 is 1.89 bits per heavy atom. The summed E-state index contributed by atoms with van der Waals surface area (Å²) in [5.74, 6) is -1.92. The molecular formula is C17H18F3N5O2S. The normalized spacial score (nSPS) is 17.1. The van der Waals surface area contributed by atoms with Crippen LogP contribution in [0.2, 0.25) is 0 Å². The first-order valence-corrected chi connectivity index (χ1v) is 9.20. The number of carbonyl (C=O) groups excluding carboxylic acids is 2. The van der Waals surface area contributed by atoms with E-state index in [2.05, 4.69) is 15.5 Å². The van der Waals surface area contributed by atoms with Crippen LogP contribution in [0, 0.1) is 0 Å². The van der Waals surface area contributed by atoms with Crippen molar-refractivity contribution >= 4 is 35.0 Å². The van der Waals surface area contributed by atoms with Crippen LogP contribution in [0.25, 0.3) is 0 Å². The van der Waals surface area contributed by atoms with Crippen molar-refractivity contribution in [1.29, 1.82) is 0 Å². The fraction of sp³-hybridized carbons (Fsp3) is 0.412. The molecule has 2 amide bonds. The Morgan fingerprint density at radius 1 is 1.25 bits per heavy atom. The molecule has 7 nitrogen and oxygen atoms in total. The number of hydrogen-bond donors (Lipinski definition) is 1. The van der Waals surface area contributed by atoms with Crippen LogP contribution in [-0.2, 0) is 22.8 Å². The largest absolute Gasteiger partial charge is 0.451 e. The van der Waals surface area contributed by atoms with Crippen LogP contribution in [0.3, 0.4) is 0 Å². The van der Waals surface area contributed by atoms with Gasteiger partial charge >= 0.3 is 6.18 Å². The summed E-state index contributed by atoms with van der Waals surface area (Å²) in [5, 5.41) is 8.63. The Labute approximate surface area is 163 Å². The number of halogens is 3. The standard InChI is InChI=1S/C17H18F3N5O2S/c1-9(28-15-23-22-13(24(15)4)17(18,19)20)12(26)25-11-8-6-5-7-10(11)21-14(27)16(25,2)3/h5-9H,1-4H3,(H,21,27)/t9-/m1/s1. The molecule has 150 valence electrons. The Balaban J connectivity index is 1.91. The number of aromatic nitrogens is 3. The van der Waals surface area contributed by atoms with Crippen molar-refractivity contribution in [3.05, 3.63) is 30.1 Å². The van der Waals surface area contributed by atoms with Gasteiger partial charge in [0, 0.05) is 7.05 Å². The SMILES string of the molecule is C[C@@H](Sc1nnc(C(F)(F)F)n1C)C(=O)N1c2ccccc2NC(=O)C1(C)C. The van der Waals surface area contributed by atoms with Gasteiger partial charge in [0.1, 0.15) is 5.54 Å². The van der Waals surface area contributed by atoms with Crippen LogP contribution in [0.5, 0.6) is 0 Å². The van der Waals surface area contributed by atoms with Gasteiger partial charge in [-0.2, -0.15) is 13.2 Å². The van der Waals surface area contributed by atoms with Crippen molar-refractivity contribution < 1.29 is 22.8 Å². The number of nitrogens with zero attached hydrogens (tertiary/aromatic N) is 4. The lowest BCUT2D eigenvalue weighted by molar-refractivity contribution is -0.147. The molecule has 2 heterocycles. The Kier molecular flexibility index (Phi) is 4.90. The number of alkyl halides is 3. The van der Waals surface area contributed by atoms with E-state index in [1.165, 1.54) is 11.9 Å². The van der Waals surface area contributed by atoms with Gasteiger partial charge < -0.3 is 9.88 Å². The summed E-state index contributed by atoms with van der Waals surface area (Å²) in [7, 11) is 1.19.